The van der Waals surface area contributed by atoms with E-state index in [1.54, 1.807) is 0 Å². The van der Waals surface area contributed by atoms with Crippen LogP contribution in [0.2, 0.25) is 0 Å². The zero-order chi connectivity index (χ0) is 12.5. The smallest absolute Gasteiger partial charge is 0.221 e. The van der Waals surface area contributed by atoms with Gasteiger partial charge in [0, 0.05) is 24.9 Å². The molecule has 2 aliphatic carbocycles. The van der Waals surface area contributed by atoms with Crippen LogP contribution in [0.3, 0.4) is 0 Å². The van der Waals surface area contributed by atoms with Crippen molar-refractivity contribution >= 4 is 5.91 Å². The van der Waals surface area contributed by atoms with E-state index in [1.165, 1.54) is 24.0 Å². The lowest BCUT2D eigenvalue weighted by Crippen LogP contribution is -2.37. The highest BCUT2D eigenvalue weighted by Crippen LogP contribution is 2.34. The molecule has 3 heteroatoms. The zero-order valence-corrected chi connectivity index (χ0v) is 10.6. The molecule has 0 saturated heterocycles. The van der Waals surface area contributed by atoms with E-state index in [2.05, 4.69) is 29.6 Å². The number of benzene rings is 1. The Morgan fingerprint density at radius 3 is 2.89 bits per heavy atom. The lowest BCUT2D eigenvalue weighted by atomic mass is 9.77. The maximum Gasteiger partial charge on any atom is 0.221 e. The maximum atomic E-state index is 11.8. The van der Waals surface area contributed by atoms with Crippen LogP contribution in [0, 0.1) is 5.92 Å². The van der Waals surface area contributed by atoms with Crippen LogP contribution in [0.1, 0.15) is 36.3 Å². The van der Waals surface area contributed by atoms with E-state index >= 15 is 0 Å². The molecule has 1 fully saturated rings. The number of fused-ring (bicyclic) bond motifs is 1. The summed E-state index contributed by atoms with van der Waals surface area (Å²) < 4.78 is 0. The fraction of sp³-hybridized carbons (Fsp3) is 0.533. The predicted molar refractivity (Wildman–Crippen MR) is 71.2 cm³/mol. The summed E-state index contributed by atoms with van der Waals surface area (Å²) in [7, 11) is 0. The van der Waals surface area contributed by atoms with Gasteiger partial charge in [-0.15, -0.1) is 0 Å². The molecule has 2 aliphatic rings. The second-order valence-electron chi connectivity index (χ2n) is 5.61. The largest absolute Gasteiger partial charge is 0.355 e. The average Bonchev–Trinajstić information content (AvgIpc) is 3.14. The van der Waals surface area contributed by atoms with E-state index < -0.39 is 0 Å². The Morgan fingerprint density at radius 1 is 1.39 bits per heavy atom. The van der Waals surface area contributed by atoms with E-state index in [-0.39, 0.29) is 11.9 Å². The van der Waals surface area contributed by atoms with E-state index in [4.69, 9.17) is 5.73 Å². The van der Waals surface area contributed by atoms with Gasteiger partial charge < -0.3 is 11.1 Å². The van der Waals surface area contributed by atoms with Gasteiger partial charge >= 0.3 is 0 Å². The summed E-state index contributed by atoms with van der Waals surface area (Å²) in [4.78, 5) is 11.8. The van der Waals surface area contributed by atoms with Crippen LogP contribution in [0.4, 0.5) is 0 Å². The Bertz CT molecular complexity index is 454. The molecule has 2 atom stereocenters. The molecular formula is C15H20N2O. The topological polar surface area (TPSA) is 55.1 Å². The lowest BCUT2D eigenvalue weighted by Gasteiger charge is -2.30. The first-order chi connectivity index (χ1) is 8.74. The quantitative estimate of drug-likeness (QED) is 0.826. The summed E-state index contributed by atoms with van der Waals surface area (Å²) in [6.45, 7) is 0.757. The van der Waals surface area contributed by atoms with Crippen molar-refractivity contribution in [3.8, 4) is 0 Å². The summed E-state index contributed by atoms with van der Waals surface area (Å²) in [6.07, 6.45) is 3.97. The van der Waals surface area contributed by atoms with Crippen LogP contribution in [-0.4, -0.2) is 18.5 Å². The van der Waals surface area contributed by atoms with Crippen molar-refractivity contribution in [3.05, 3.63) is 35.4 Å². The molecule has 0 spiro atoms. The van der Waals surface area contributed by atoms with Crippen molar-refractivity contribution in [2.45, 2.75) is 37.6 Å². The first-order valence-electron chi connectivity index (χ1n) is 6.84. The number of carbonyl (C=O) groups excluding carboxylic acids is 1. The van der Waals surface area contributed by atoms with Gasteiger partial charge in [0.1, 0.15) is 0 Å². The molecule has 2 unspecified atom stereocenters. The van der Waals surface area contributed by atoms with Gasteiger partial charge in [0.05, 0.1) is 0 Å². The molecular weight excluding hydrogens is 224 g/mol. The number of carbonyl (C=O) groups is 1. The fourth-order valence-electron chi connectivity index (χ4n) is 2.76. The number of nitrogens with one attached hydrogen (secondary N) is 1. The van der Waals surface area contributed by atoms with Crippen molar-refractivity contribution in [1.82, 2.24) is 5.32 Å². The van der Waals surface area contributed by atoms with Crippen molar-refractivity contribution in [2.75, 3.05) is 6.54 Å². The first-order valence-corrected chi connectivity index (χ1v) is 6.84. The number of hydrogen-bond donors (Lipinski definition) is 2. The highest BCUT2D eigenvalue weighted by Gasteiger charge is 2.30. The van der Waals surface area contributed by atoms with Crippen LogP contribution in [-0.2, 0) is 11.2 Å². The number of rotatable bonds is 5. The molecule has 1 amide bonds. The minimum atomic E-state index is 0.0682. The van der Waals surface area contributed by atoms with E-state index in [0.29, 0.717) is 18.3 Å². The molecule has 3 rings (SSSR count). The minimum absolute atomic E-state index is 0.0682. The van der Waals surface area contributed by atoms with Gasteiger partial charge in [-0.3, -0.25) is 4.79 Å². The van der Waals surface area contributed by atoms with Crippen molar-refractivity contribution < 1.29 is 4.79 Å². The zero-order valence-electron chi connectivity index (χ0n) is 10.6. The number of amides is 1. The third-order valence-corrected chi connectivity index (χ3v) is 4.16. The molecule has 18 heavy (non-hydrogen) atoms. The second kappa shape index (κ2) is 4.73. The van der Waals surface area contributed by atoms with Crippen molar-refractivity contribution in [3.63, 3.8) is 0 Å². The van der Waals surface area contributed by atoms with Gasteiger partial charge in [0.15, 0.2) is 0 Å². The molecule has 3 nitrogen and oxygen atoms in total. The molecule has 1 aromatic carbocycles. The molecule has 1 aromatic rings. The average molecular weight is 244 g/mol. The summed E-state index contributed by atoms with van der Waals surface area (Å²) in [5.41, 5.74) is 8.76. The van der Waals surface area contributed by atoms with Gasteiger partial charge in [-0.05, 0) is 36.3 Å². The van der Waals surface area contributed by atoms with Gasteiger partial charge in [0.2, 0.25) is 5.91 Å². The fourth-order valence-corrected chi connectivity index (χ4v) is 2.76. The monoisotopic (exact) mass is 244 g/mol. The Balaban J connectivity index is 1.44. The lowest BCUT2D eigenvalue weighted by molar-refractivity contribution is -0.121. The highest BCUT2D eigenvalue weighted by atomic mass is 16.1. The Labute approximate surface area is 108 Å². The third-order valence-electron chi connectivity index (χ3n) is 4.16. The molecule has 3 N–H and O–H groups in total. The van der Waals surface area contributed by atoms with E-state index in [0.717, 1.165) is 13.0 Å². The standard InChI is InChI=1S/C15H20N2O/c16-14(10-5-6-10)8-15(18)17-9-12-7-11-3-1-2-4-13(11)12/h1-4,10,12,14H,5-9,16H2,(H,17,18). The van der Waals surface area contributed by atoms with Gasteiger partial charge in [-0.2, -0.15) is 0 Å². The van der Waals surface area contributed by atoms with Crippen LogP contribution in [0.25, 0.3) is 0 Å². The van der Waals surface area contributed by atoms with Crippen molar-refractivity contribution in [1.29, 1.82) is 0 Å². The Morgan fingerprint density at radius 2 is 2.17 bits per heavy atom. The van der Waals surface area contributed by atoms with Gasteiger partial charge in [-0.1, -0.05) is 24.3 Å². The molecule has 1 saturated carbocycles. The van der Waals surface area contributed by atoms with Gasteiger partial charge in [-0.25, -0.2) is 0 Å². The van der Waals surface area contributed by atoms with E-state index in [1.807, 2.05) is 0 Å². The molecule has 0 bridgehead atoms. The third kappa shape index (κ3) is 2.41. The summed E-state index contributed by atoms with van der Waals surface area (Å²) in [6, 6.07) is 8.53. The molecule has 96 valence electrons. The van der Waals surface area contributed by atoms with Gasteiger partial charge in [0.25, 0.3) is 0 Å². The van der Waals surface area contributed by atoms with Crippen LogP contribution in [0.5, 0.6) is 0 Å². The van der Waals surface area contributed by atoms with Crippen LogP contribution < -0.4 is 11.1 Å². The van der Waals surface area contributed by atoms with Crippen molar-refractivity contribution in [2.24, 2.45) is 11.7 Å². The second-order valence-corrected chi connectivity index (χ2v) is 5.61. The maximum absolute atomic E-state index is 11.8. The number of hydrogen-bond acceptors (Lipinski definition) is 2. The molecule has 0 heterocycles. The molecule has 0 aromatic heterocycles. The SMILES string of the molecule is NC(CC(=O)NCC1Cc2ccccc21)C1CC1. The van der Waals surface area contributed by atoms with Crippen LogP contribution in [0.15, 0.2) is 24.3 Å². The summed E-state index contributed by atoms with van der Waals surface area (Å²) in [5.74, 6) is 1.21. The number of nitrogens with two attached hydrogens (primary N) is 1. The normalized spacial score (nSPS) is 22.8. The Kier molecular flexibility index (Phi) is 3.08. The highest BCUT2D eigenvalue weighted by molar-refractivity contribution is 5.76. The molecule has 0 radical (unpaired) electrons. The first kappa shape index (κ1) is 11.7. The van der Waals surface area contributed by atoms with E-state index in [9.17, 15) is 4.79 Å². The predicted octanol–water partition coefficient (Wildman–Crippen LogP) is 1.57. The summed E-state index contributed by atoms with van der Waals surface area (Å²) >= 11 is 0. The minimum Gasteiger partial charge on any atom is -0.355 e. The van der Waals surface area contributed by atoms with Crippen LogP contribution >= 0.6 is 0 Å². The molecule has 0 aliphatic heterocycles. The summed E-state index contributed by atoms with van der Waals surface area (Å²) in [5, 5.41) is 3.02. The Hall–Kier alpha value is -1.35.